The molecular formula is C15H20ClNO. The summed E-state index contributed by atoms with van der Waals surface area (Å²) in [5.74, 6) is 0. The molecule has 98 valence electrons. The van der Waals surface area contributed by atoms with Crippen LogP contribution >= 0.6 is 11.6 Å². The van der Waals surface area contributed by atoms with Crippen LogP contribution in [-0.2, 0) is 4.74 Å². The Morgan fingerprint density at radius 2 is 2.28 bits per heavy atom. The molecule has 1 atom stereocenters. The average Bonchev–Trinajstić information content (AvgIpc) is 2.38. The van der Waals surface area contributed by atoms with E-state index in [4.69, 9.17) is 16.3 Å². The predicted molar refractivity (Wildman–Crippen MR) is 75.9 cm³/mol. The zero-order chi connectivity index (χ0) is 13.0. The van der Waals surface area contributed by atoms with E-state index >= 15 is 0 Å². The zero-order valence-corrected chi connectivity index (χ0v) is 11.8. The monoisotopic (exact) mass is 265 g/mol. The van der Waals surface area contributed by atoms with Crippen molar-refractivity contribution in [3.05, 3.63) is 46.2 Å². The van der Waals surface area contributed by atoms with E-state index in [0.717, 1.165) is 31.0 Å². The van der Waals surface area contributed by atoms with Crippen molar-refractivity contribution >= 4 is 11.6 Å². The molecule has 0 fully saturated rings. The Balaban J connectivity index is 2.31. The first-order chi connectivity index (χ1) is 8.72. The quantitative estimate of drug-likeness (QED) is 0.889. The predicted octanol–water partition coefficient (Wildman–Crippen LogP) is 3.99. The number of halogens is 1. The Morgan fingerprint density at radius 3 is 2.89 bits per heavy atom. The molecule has 2 rings (SSSR count). The number of aryl methyl sites for hydroxylation is 1. The summed E-state index contributed by atoms with van der Waals surface area (Å²) in [6.45, 7) is 6.00. The highest BCUT2D eigenvalue weighted by Gasteiger charge is 2.19. The number of ether oxygens (including phenoxy) is 1. The van der Waals surface area contributed by atoms with Gasteiger partial charge in [0, 0.05) is 5.02 Å². The van der Waals surface area contributed by atoms with Gasteiger partial charge in [-0.25, -0.2) is 0 Å². The number of benzene rings is 1. The Labute approximate surface area is 114 Å². The van der Waals surface area contributed by atoms with Crippen molar-refractivity contribution in [3.63, 3.8) is 0 Å². The largest absolute Gasteiger partial charge is 0.501 e. The fourth-order valence-electron chi connectivity index (χ4n) is 2.40. The van der Waals surface area contributed by atoms with Crippen LogP contribution in [-0.4, -0.2) is 13.2 Å². The van der Waals surface area contributed by atoms with Gasteiger partial charge in [0.05, 0.1) is 18.9 Å². The van der Waals surface area contributed by atoms with Gasteiger partial charge in [-0.05, 0) is 55.1 Å². The summed E-state index contributed by atoms with van der Waals surface area (Å²) in [7, 11) is 0. The molecule has 1 unspecified atom stereocenters. The molecule has 0 bridgehead atoms. The average molecular weight is 266 g/mol. The Kier molecular flexibility index (Phi) is 4.67. The van der Waals surface area contributed by atoms with Gasteiger partial charge in [0.1, 0.15) is 0 Å². The highest BCUT2D eigenvalue weighted by atomic mass is 35.5. The van der Waals surface area contributed by atoms with E-state index in [1.807, 2.05) is 18.4 Å². The van der Waals surface area contributed by atoms with Crippen LogP contribution in [0.15, 0.2) is 30.0 Å². The van der Waals surface area contributed by atoms with Crippen molar-refractivity contribution in [1.29, 1.82) is 0 Å². The molecular weight excluding hydrogens is 246 g/mol. The van der Waals surface area contributed by atoms with E-state index in [9.17, 15) is 0 Å². The normalized spacial score (nSPS) is 16.9. The van der Waals surface area contributed by atoms with Crippen LogP contribution in [0.25, 0.3) is 0 Å². The molecule has 1 N–H and O–H groups in total. The molecule has 1 aliphatic rings. The van der Waals surface area contributed by atoms with Crippen molar-refractivity contribution in [1.82, 2.24) is 5.32 Å². The molecule has 2 nitrogen and oxygen atoms in total. The Bertz CT molecular complexity index is 442. The first kappa shape index (κ1) is 13.4. The second-order valence-electron chi connectivity index (χ2n) is 4.66. The van der Waals surface area contributed by atoms with Crippen LogP contribution in [0.4, 0.5) is 0 Å². The third-order valence-electron chi connectivity index (χ3n) is 3.28. The third kappa shape index (κ3) is 3.06. The molecule has 0 saturated carbocycles. The van der Waals surface area contributed by atoms with E-state index in [1.165, 1.54) is 16.7 Å². The summed E-state index contributed by atoms with van der Waals surface area (Å²) in [5, 5.41) is 4.33. The summed E-state index contributed by atoms with van der Waals surface area (Å²) >= 11 is 6.02. The van der Waals surface area contributed by atoms with Gasteiger partial charge in [-0.1, -0.05) is 24.6 Å². The molecule has 3 heteroatoms. The maximum atomic E-state index is 6.02. The fourth-order valence-corrected chi connectivity index (χ4v) is 2.63. The van der Waals surface area contributed by atoms with Gasteiger partial charge in [0.15, 0.2) is 0 Å². The number of nitrogens with one attached hydrogen (secondary N) is 1. The minimum absolute atomic E-state index is 0.243. The molecule has 18 heavy (non-hydrogen) atoms. The lowest BCUT2D eigenvalue weighted by atomic mass is 9.92. The van der Waals surface area contributed by atoms with Crippen molar-refractivity contribution in [3.8, 4) is 0 Å². The van der Waals surface area contributed by atoms with E-state index in [0.29, 0.717) is 0 Å². The molecule has 0 aromatic heterocycles. The van der Waals surface area contributed by atoms with Crippen LogP contribution in [0.2, 0.25) is 5.02 Å². The maximum Gasteiger partial charge on any atom is 0.0876 e. The summed E-state index contributed by atoms with van der Waals surface area (Å²) in [5.41, 5.74) is 3.84. The highest BCUT2D eigenvalue weighted by molar-refractivity contribution is 6.30. The lowest BCUT2D eigenvalue weighted by Crippen LogP contribution is -2.25. The van der Waals surface area contributed by atoms with Gasteiger partial charge in [0.2, 0.25) is 0 Å². The summed E-state index contributed by atoms with van der Waals surface area (Å²) in [4.78, 5) is 0. The highest BCUT2D eigenvalue weighted by Crippen LogP contribution is 2.30. The lowest BCUT2D eigenvalue weighted by molar-refractivity contribution is 0.219. The van der Waals surface area contributed by atoms with Crippen LogP contribution in [0, 0.1) is 6.92 Å². The first-order valence-electron chi connectivity index (χ1n) is 6.52. The molecule has 0 saturated heterocycles. The lowest BCUT2D eigenvalue weighted by Gasteiger charge is -2.25. The molecule has 1 heterocycles. The topological polar surface area (TPSA) is 21.3 Å². The minimum atomic E-state index is 0.243. The van der Waals surface area contributed by atoms with E-state index in [2.05, 4.69) is 25.2 Å². The van der Waals surface area contributed by atoms with E-state index < -0.39 is 0 Å². The number of hydrogen-bond acceptors (Lipinski definition) is 2. The fraction of sp³-hybridized carbons (Fsp3) is 0.467. The molecule has 1 aliphatic heterocycles. The van der Waals surface area contributed by atoms with Crippen LogP contribution in [0.3, 0.4) is 0 Å². The van der Waals surface area contributed by atoms with Crippen molar-refractivity contribution < 1.29 is 4.74 Å². The van der Waals surface area contributed by atoms with Gasteiger partial charge >= 0.3 is 0 Å². The first-order valence-corrected chi connectivity index (χ1v) is 6.90. The molecule has 0 amide bonds. The minimum Gasteiger partial charge on any atom is -0.501 e. The molecule has 0 spiro atoms. The second kappa shape index (κ2) is 6.26. The number of rotatable bonds is 4. The van der Waals surface area contributed by atoms with Gasteiger partial charge in [-0.3, -0.25) is 0 Å². The molecule has 0 radical (unpaired) electrons. The SMILES string of the molecule is CCNC(C1=COCCC1)c1ccc(Cl)cc1C. The summed E-state index contributed by atoms with van der Waals surface area (Å²) < 4.78 is 5.47. The van der Waals surface area contributed by atoms with Gasteiger partial charge in [0.25, 0.3) is 0 Å². The maximum absolute atomic E-state index is 6.02. The van der Waals surface area contributed by atoms with Crippen LogP contribution in [0.1, 0.15) is 36.9 Å². The third-order valence-corrected chi connectivity index (χ3v) is 3.52. The standard InChI is InChI=1S/C15H20ClNO/c1-3-17-15(12-5-4-8-18-10-12)14-7-6-13(16)9-11(14)2/h6-7,9-10,15,17H,3-5,8H2,1-2H3. The van der Waals surface area contributed by atoms with Crippen molar-refractivity contribution in [2.45, 2.75) is 32.7 Å². The number of likely N-dealkylation sites (N-methyl/N-ethyl adjacent to an activating group) is 1. The van der Waals surface area contributed by atoms with Gasteiger partial charge < -0.3 is 10.1 Å². The zero-order valence-electron chi connectivity index (χ0n) is 11.0. The van der Waals surface area contributed by atoms with Gasteiger partial charge in [-0.2, -0.15) is 0 Å². The molecule has 1 aromatic carbocycles. The van der Waals surface area contributed by atoms with Gasteiger partial charge in [-0.15, -0.1) is 0 Å². The van der Waals surface area contributed by atoms with Crippen LogP contribution < -0.4 is 5.32 Å². The molecule has 0 aliphatic carbocycles. The Morgan fingerprint density at radius 1 is 1.44 bits per heavy atom. The van der Waals surface area contributed by atoms with E-state index in [-0.39, 0.29) is 6.04 Å². The second-order valence-corrected chi connectivity index (χ2v) is 5.10. The van der Waals surface area contributed by atoms with Crippen LogP contribution in [0.5, 0.6) is 0 Å². The smallest absolute Gasteiger partial charge is 0.0876 e. The van der Waals surface area contributed by atoms with Crippen molar-refractivity contribution in [2.24, 2.45) is 0 Å². The van der Waals surface area contributed by atoms with E-state index in [1.54, 1.807) is 0 Å². The molecule has 1 aromatic rings. The Hall–Kier alpha value is -0.990. The van der Waals surface area contributed by atoms with Crippen molar-refractivity contribution in [2.75, 3.05) is 13.2 Å². The summed E-state index contributed by atoms with van der Waals surface area (Å²) in [6.07, 6.45) is 4.12. The number of hydrogen-bond donors (Lipinski definition) is 1. The summed E-state index contributed by atoms with van der Waals surface area (Å²) in [6, 6.07) is 6.33.